The molecule has 17 heavy (non-hydrogen) atoms. The Bertz CT molecular complexity index is 655. The average Bonchev–Trinajstić information content (AvgIpc) is 2.99. The number of aldehydes is 1. The van der Waals surface area contributed by atoms with Crippen LogP contribution in [0.3, 0.4) is 0 Å². The van der Waals surface area contributed by atoms with Gasteiger partial charge in [0.25, 0.3) is 0 Å². The Hall–Kier alpha value is -1.94. The van der Waals surface area contributed by atoms with Gasteiger partial charge in [-0.2, -0.15) is 0 Å². The molecule has 0 fully saturated rings. The number of hydrogen-bond donors (Lipinski definition) is 0. The van der Waals surface area contributed by atoms with Gasteiger partial charge in [-0.1, -0.05) is 0 Å². The van der Waals surface area contributed by atoms with Gasteiger partial charge >= 0.3 is 0 Å². The summed E-state index contributed by atoms with van der Waals surface area (Å²) in [6.07, 6.45) is 4.80. The number of benzene rings is 1. The Morgan fingerprint density at radius 3 is 3.06 bits per heavy atom. The van der Waals surface area contributed by atoms with Crippen LogP contribution in [0.4, 0.5) is 0 Å². The second-order valence-corrected chi connectivity index (χ2v) is 4.82. The number of carbonyl (C=O) groups is 1. The van der Waals surface area contributed by atoms with Gasteiger partial charge in [-0.15, -0.1) is 11.3 Å². The van der Waals surface area contributed by atoms with Gasteiger partial charge in [0.1, 0.15) is 6.29 Å². The van der Waals surface area contributed by atoms with E-state index in [4.69, 9.17) is 0 Å². The summed E-state index contributed by atoms with van der Waals surface area (Å²) in [6, 6.07) is 7.77. The highest BCUT2D eigenvalue weighted by molar-refractivity contribution is 7.09. The van der Waals surface area contributed by atoms with E-state index in [0.717, 1.165) is 23.7 Å². The molecule has 0 bridgehead atoms. The van der Waals surface area contributed by atoms with Crippen LogP contribution in [-0.2, 0) is 6.54 Å². The molecule has 0 saturated heterocycles. The Morgan fingerprint density at radius 2 is 2.29 bits per heavy atom. The van der Waals surface area contributed by atoms with E-state index in [1.165, 1.54) is 4.88 Å². The predicted molar refractivity (Wildman–Crippen MR) is 68.5 cm³/mol. The molecule has 0 atom stereocenters. The zero-order valence-electron chi connectivity index (χ0n) is 9.04. The number of aromatic nitrogens is 2. The van der Waals surface area contributed by atoms with Gasteiger partial charge in [0.05, 0.1) is 12.1 Å². The quantitative estimate of drug-likeness (QED) is 0.662. The standard InChI is InChI=1S/C13H10N2OS/c16-8-10-1-2-13-11(5-10)3-4-15(13)7-12-6-14-9-17-12/h1-6,8-9H,7H2. The summed E-state index contributed by atoms with van der Waals surface area (Å²) in [7, 11) is 0. The molecule has 3 nitrogen and oxygen atoms in total. The van der Waals surface area contributed by atoms with E-state index in [-0.39, 0.29) is 0 Å². The van der Waals surface area contributed by atoms with Crippen LogP contribution in [0.2, 0.25) is 0 Å². The van der Waals surface area contributed by atoms with Crippen LogP contribution in [-0.4, -0.2) is 15.8 Å². The first-order valence-corrected chi connectivity index (χ1v) is 6.16. The van der Waals surface area contributed by atoms with Gasteiger partial charge in [-0.05, 0) is 24.3 Å². The predicted octanol–water partition coefficient (Wildman–Crippen LogP) is 2.96. The topological polar surface area (TPSA) is 34.9 Å². The summed E-state index contributed by atoms with van der Waals surface area (Å²) >= 11 is 1.65. The van der Waals surface area contributed by atoms with Crippen molar-refractivity contribution in [2.75, 3.05) is 0 Å². The first-order valence-electron chi connectivity index (χ1n) is 5.28. The first-order chi connectivity index (χ1) is 8.36. The third-order valence-electron chi connectivity index (χ3n) is 2.74. The van der Waals surface area contributed by atoms with Crippen molar-refractivity contribution in [2.24, 2.45) is 0 Å². The normalized spacial score (nSPS) is 10.8. The Balaban J connectivity index is 2.03. The molecule has 0 unspecified atom stereocenters. The van der Waals surface area contributed by atoms with Gasteiger partial charge < -0.3 is 4.57 Å². The van der Waals surface area contributed by atoms with Crippen molar-refractivity contribution in [2.45, 2.75) is 6.54 Å². The number of nitrogens with zero attached hydrogens (tertiary/aromatic N) is 2. The van der Waals surface area contributed by atoms with Crippen molar-refractivity contribution in [1.29, 1.82) is 0 Å². The molecular formula is C13H10N2OS. The van der Waals surface area contributed by atoms with E-state index < -0.39 is 0 Å². The molecule has 1 aromatic carbocycles. The number of hydrogen-bond acceptors (Lipinski definition) is 3. The van der Waals surface area contributed by atoms with Gasteiger partial charge in [0.2, 0.25) is 0 Å². The van der Waals surface area contributed by atoms with Crippen LogP contribution < -0.4 is 0 Å². The fourth-order valence-corrected chi connectivity index (χ4v) is 2.51. The summed E-state index contributed by atoms with van der Waals surface area (Å²) in [5.74, 6) is 0. The molecule has 84 valence electrons. The van der Waals surface area contributed by atoms with Gasteiger partial charge in [-0.3, -0.25) is 9.78 Å². The zero-order chi connectivity index (χ0) is 11.7. The maximum atomic E-state index is 10.7. The second kappa shape index (κ2) is 4.14. The number of fused-ring (bicyclic) bond motifs is 1. The lowest BCUT2D eigenvalue weighted by atomic mass is 10.2. The minimum atomic E-state index is 0.716. The van der Waals surface area contributed by atoms with Crippen molar-refractivity contribution < 1.29 is 4.79 Å². The van der Waals surface area contributed by atoms with E-state index in [0.29, 0.717) is 5.56 Å². The second-order valence-electron chi connectivity index (χ2n) is 3.85. The minimum Gasteiger partial charge on any atom is -0.342 e. The van der Waals surface area contributed by atoms with Gasteiger partial charge in [0, 0.05) is 33.7 Å². The minimum absolute atomic E-state index is 0.716. The van der Waals surface area contributed by atoms with Crippen molar-refractivity contribution in [1.82, 2.24) is 9.55 Å². The summed E-state index contributed by atoms with van der Waals surface area (Å²) in [4.78, 5) is 16.0. The molecular weight excluding hydrogens is 232 g/mol. The highest BCUT2D eigenvalue weighted by Gasteiger charge is 2.03. The monoisotopic (exact) mass is 242 g/mol. The van der Waals surface area contributed by atoms with E-state index in [1.54, 1.807) is 11.3 Å². The SMILES string of the molecule is O=Cc1ccc2c(ccn2Cc2cncs2)c1. The molecule has 0 radical (unpaired) electrons. The highest BCUT2D eigenvalue weighted by atomic mass is 32.1. The van der Waals surface area contributed by atoms with Crippen molar-refractivity contribution in [3.05, 3.63) is 52.6 Å². The largest absolute Gasteiger partial charge is 0.342 e. The van der Waals surface area contributed by atoms with Crippen LogP contribution in [0.5, 0.6) is 0 Å². The first kappa shape index (κ1) is 10.2. The molecule has 0 aliphatic rings. The zero-order valence-corrected chi connectivity index (χ0v) is 9.85. The maximum absolute atomic E-state index is 10.7. The van der Waals surface area contributed by atoms with Crippen LogP contribution in [0.25, 0.3) is 10.9 Å². The molecule has 3 aromatic rings. The van der Waals surface area contributed by atoms with Crippen LogP contribution in [0.15, 0.2) is 42.2 Å². The van der Waals surface area contributed by atoms with Crippen LogP contribution in [0, 0.1) is 0 Å². The molecule has 3 rings (SSSR count). The highest BCUT2D eigenvalue weighted by Crippen LogP contribution is 2.19. The Labute approximate surface area is 102 Å². The van der Waals surface area contributed by atoms with E-state index >= 15 is 0 Å². The molecule has 0 saturated carbocycles. The summed E-state index contributed by atoms with van der Waals surface area (Å²) in [5.41, 5.74) is 3.70. The number of rotatable bonds is 3. The third kappa shape index (κ3) is 1.87. The number of carbonyl (C=O) groups excluding carboxylic acids is 1. The van der Waals surface area contributed by atoms with Gasteiger partial charge in [0.15, 0.2) is 0 Å². The smallest absolute Gasteiger partial charge is 0.150 e. The molecule has 0 amide bonds. The lowest BCUT2D eigenvalue weighted by molar-refractivity contribution is 0.112. The van der Waals surface area contributed by atoms with Crippen molar-refractivity contribution in [3.63, 3.8) is 0 Å². The molecule has 0 spiro atoms. The molecule has 2 aromatic heterocycles. The third-order valence-corrected chi connectivity index (χ3v) is 3.51. The van der Waals surface area contributed by atoms with E-state index in [9.17, 15) is 4.79 Å². The molecule has 2 heterocycles. The summed E-state index contributed by atoms with van der Waals surface area (Å²) < 4.78 is 2.16. The summed E-state index contributed by atoms with van der Waals surface area (Å²) in [5, 5.41) is 1.10. The van der Waals surface area contributed by atoms with E-state index in [1.807, 2.05) is 42.2 Å². The Kier molecular flexibility index (Phi) is 2.49. The fourth-order valence-electron chi connectivity index (χ4n) is 1.92. The lowest BCUT2D eigenvalue weighted by Gasteiger charge is -2.02. The molecule has 4 heteroatoms. The fraction of sp³-hybridized carbons (Fsp3) is 0.0769. The molecule has 0 N–H and O–H groups in total. The van der Waals surface area contributed by atoms with Crippen molar-refractivity contribution >= 4 is 28.5 Å². The average molecular weight is 242 g/mol. The van der Waals surface area contributed by atoms with Crippen molar-refractivity contribution in [3.8, 4) is 0 Å². The molecule has 0 aliphatic carbocycles. The Morgan fingerprint density at radius 1 is 1.35 bits per heavy atom. The van der Waals surface area contributed by atoms with Crippen LogP contribution in [0.1, 0.15) is 15.2 Å². The number of thiazole rings is 1. The lowest BCUT2D eigenvalue weighted by Crippen LogP contribution is -1.95. The van der Waals surface area contributed by atoms with Gasteiger partial charge in [-0.25, -0.2) is 0 Å². The maximum Gasteiger partial charge on any atom is 0.150 e. The summed E-state index contributed by atoms with van der Waals surface area (Å²) in [6.45, 7) is 0.828. The molecule has 0 aliphatic heterocycles. The van der Waals surface area contributed by atoms with Crippen LogP contribution >= 0.6 is 11.3 Å². The van der Waals surface area contributed by atoms with E-state index in [2.05, 4.69) is 9.55 Å².